The standard InChI is InChI=1S/C23H23NO3S2/c1-26-21-14-18(9-10-20(21)27-15-17-6-3-2-4-7-17)23-24(22(25)16-29-23)12-11-19-8-5-13-28-19/h2-10,13-14,23H,11-12,15-16H2,1H3. The number of carbonyl (C=O) groups is 1. The summed E-state index contributed by atoms with van der Waals surface area (Å²) in [4.78, 5) is 15.7. The molecule has 1 aromatic heterocycles. The first kappa shape index (κ1) is 19.9. The Morgan fingerprint density at radius 2 is 1.93 bits per heavy atom. The minimum Gasteiger partial charge on any atom is -0.493 e. The fraction of sp³-hybridized carbons (Fsp3) is 0.261. The zero-order chi connectivity index (χ0) is 20.1. The molecule has 0 radical (unpaired) electrons. The number of carbonyl (C=O) groups excluding carboxylic acids is 1. The lowest BCUT2D eigenvalue weighted by atomic mass is 10.1. The summed E-state index contributed by atoms with van der Waals surface area (Å²) >= 11 is 3.40. The van der Waals surface area contributed by atoms with Gasteiger partial charge in [0, 0.05) is 11.4 Å². The number of hydrogen-bond donors (Lipinski definition) is 0. The molecule has 29 heavy (non-hydrogen) atoms. The molecular formula is C23H23NO3S2. The average Bonchev–Trinajstić information content (AvgIpc) is 3.41. The Balaban J connectivity index is 1.47. The van der Waals surface area contributed by atoms with Crippen LogP contribution in [0.25, 0.3) is 0 Å². The van der Waals surface area contributed by atoms with E-state index in [0.29, 0.717) is 23.9 Å². The van der Waals surface area contributed by atoms with Crippen LogP contribution >= 0.6 is 23.1 Å². The quantitative estimate of drug-likeness (QED) is 0.500. The first-order valence-electron chi connectivity index (χ1n) is 9.52. The zero-order valence-electron chi connectivity index (χ0n) is 16.2. The molecule has 6 heteroatoms. The van der Waals surface area contributed by atoms with Gasteiger partial charge in [0.2, 0.25) is 5.91 Å². The maximum absolute atomic E-state index is 12.5. The molecule has 150 valence electrons. The van der Waals surface area contributed by atoms with E-state index in [0.717, 1.165) is 24.1 Å². The van der Waals surface area contributed by atoms with Gasteiger partial charge >= 0.3 is 0 Å². The molecule has 1 amide bonds. The summed E-state index contributed by atoms with van der Waals surface area (Å²) in [6, 6.07) is 20.2. The van der Waals surface area contributed by atoms with E-state index in [4.69, 9.17) is 9.47 Å². The van der Waals surface area contributed by atoms with Gasteiger partial charge in [0.15, 0.2) is 11.5 Å². The van der Waals surface area contributed by atoms with Crippen LogP contribution < -0.4 is 9.47 Å². The lowest BCUT2D eigenvalue weighted by Crippen LogP contribution is -2.30. The van der Waals surface area contributed by atoms with Crippen molar-refractivity contribution in [3.63, 3.8) is 0 Å². The molecule has 0 bridgehead atoms. The molecule has 0 N–H and O–H groups in total. The van der Waals surface area contributed by atoms with Crippen molar-refractivity contribution in [3.8, 4) is 11.5 Å². The molecule has 0 aliphatic carbocycles. The van der Waals surface area contributed by atoms with Crippen molar-refractivity contribution in [2.45, 2.75) is 18.4 Å². The van der Waals surface area contributed by atoms with Gasteiger partial charge in [-0.15, -0.1) is 23.1 Å². The summed E-state index contributed by atoms with van der Waals surface area (Å²) in [7, 11) is 1.65. The Morgan fingerprint density at radius 1 is 1.07 bits per heavy atom. The maximum Gasteiger partial charge on any atom is 0.233 e. The van der Waals surface area contributed by atoms with Gasteiger partial charge < -0.3 is 14.4 Å². The average molecular weight is 426 g/mol. The Hall–Kier alpha value is -2.44. The largest absolute Gasteiger partial charge is 0.493 e. The van der Waals surface area contributed by atoms with Crippen molar-refractivity contribution in [3.05, 3.63) is 82.0 Å². The molecule has 1 saturated heterocycles. The molecule has 0 spiro atoms. The molecule has 1 unspecified atom stereocenters. The molecule has 2 heterocycles. The van der Waals surface area contributed by atoms with Crippen LogP contribution in [0.5, 0.6) is 11.5 Å². The monoisotopic (exact) mass is 425 g/mol. The number of nitrogens with zero attached hydrogens (tertiary/aromatic N) is 1. The van der Waals surface area contributed by atoms with Crippen LogP contribution in [0.1, 0.15) is 21.4 Å². The van der Waals surface area contributed by atoms with Gasteiger partial charge in [-0.2, -0.15) is 0 Å². The third kappa shape index (κ3) is 4.77. The van der Waals surface area contributed by atoms with Crippen molar-refractivity contribution in [2.75, 3.05) is 19.4 Å². The van der Waals surface area contributed by atoms with Crippen molar-refractivity contribution in [1.82, 2.24) is 4.90 Å². The van der Waals surface area contributed by atoms with E-state index in [1.165, 1.54) is 4.88 Å². The molecule has 3 aromatic rings. The second-order valence-electron chi connectivity index (χ2n) is 6.76. The lowest BCUT2D eigenvalue weighted by molar-refractivity contribution is -0.128. The van der Waals surface area contributed by atoms with Gasteiger partial charge in [0.25, 0.3) is 0 Å². The van der Waals surface area contributed by atoms with Crippen molar-refractivity contribution in [1.29, 1.82) is 0 Å². The smallest absolute Gasteiger partial charge is 0.233 e. The second kappa shape index (κ2) is 9.37. The highest BCUT2D eigenvalue weighted by Crippen LogP contribution is 2.41. The first-order valence-corrected chi connectivity index (χ1v) is 11.5. The lowest BCUT2D eigenvalue weighted by Gasteiger charge is -2.24. The number of benzene rings is 2. The van der Waals surface area contributed by atoms with E-state index in [9.17, 15) is 4.79 Å². The van der Waals surface area contributed by atoms with Crippen molar-refractivity contribution < 1.29 is 14.3 Å². The summed E-state index contributed by atoms with van der Waals surface area (Å²) in [5.74, 6) is 2.11. The minimum atomic E-state index is 0.0135. The summed E-state index contributed by atoms with van der Waals surface area (Å²) in [5, 5.41) is 2.09. The van der Waals surface area contributed by atoms with Crippen LogP contribution in [-0.2, 0) is 17.8 Å². The van der Waals surface area contributed by atoms with E-state index in [2.05, 4.69) is 17.5 Å². The third-order valence-corrected chi connectivity index (χ3v) is 7.05. The topological polar surface area (TPSA) is 38.8 Å². The molecule has 4 rings (SSSR count). The molecule has 0 saturated carbocycles. The fourth-order valence-electron chi connectivity index (χ4n) is 3.35. The summed E-state index contributed by atoms with van der Waals surface area (Å²) < 4.78 is 11.5. The number of ether oxygens (including phenoxy) is 2. The summed E-state index contributed by atoms with van der Waals surface area (Å²) in [6.45, 7) is 1.21. The highest BCUT2D eigenvalue weighted by atomic mass is 32.2. The van der Waals surface area contributed by atoms with Gasteiger partial charge in [-0.3, -0.25) is 4.79 Å². The van der Waals surface area contributed by atoms with Gasteiger partial charge in [-0.25, -0.2) is 0 Å². The normalized spacial score (nSPS) is 16.2. The van der Waals surface area contributed by atoms with Crippen LogP contribution in [0, 0.1) is 0 Å². The molecular weight excluding hydrogens is 402 g/mol. The Morgan fingerprint density at radius 3 is 2.69 bits per heavy atom. The minimum absolute atomic E-state index is 0.0135. The molecule has 1 fully saturated rings. The number of amides is 1. The van der Waals surface area contributed by atoms with E-state index in [1.807, 2.05) is 53.4 Å². The van der Waals surface area contributed by atoms with Gasteiger partial charge in [-0.05, 0) is 41.1 Å². The van der Waals surface area contributed by atoms with E-state index < -0.39 is 0 Å². The Labute approximate surface area is 179 Å². The number of thioether (sulfide) groups is 1. The molecule has 1 aliphatic heterocycles. The Kier molecular flexibility index (Phi) is 6.42. The highest BCUT2D eigenvalue weighted by Gasteiger charge is 2.33. The molecule has 2 aromatic carbocycles. The van der Waals surface area contributed by atoms with Crippen molar-refractivity contribution in [2.24, 2.45) is 0 Å². The SMILES string of the molecule is COc1cc(C2SCC(=O)N2CCc2cccs2)ccc1OCc1ccccc1. The number of rotatable bonds is 8. The predicted octanol–water partition coefficient (Wildman–Crippen LogP) is 5.15. The molecule has 1 atom stereocenters. The molecule has 1 aliphatic rings. The van der Waals surface area contributed by atoms with Crippen molar-refractivity contribution >= 4 is 29.0 Å². The number of hydrogen-bond acceptors (Lipinski definition) is 5. The fourth-order valence-corrected chi connectivity index (χ4v) is 5.26. The molecule has 4 nitrogen and oxygen atoms in total. The first-order chi connectivity index (χ1) is 14.2. The van der Waals surface area contributed by atoms with E-state index in [1.54, 1.807) is 30.2 Å². The number of thiophene rings is 1. The van der Waals surface area contributed by atoms with E-state index >= 15 is 0 Å². The van der Waals surface area contributed by atoms with Crippen LogP contribution in [0.2, 0.25) is 0 Å². The summed E-state index contributed by atoms with van der Waals surface area (Å²) in [5.41, 5.74) is 2.17. The maximum atomic E-state index is 12.5. The van der Waals surface area contributed by atoms with Crippen LogP contribution in [-0.4, -0.2) is 30.2 Å². The number of methoxy groups -OCH3 is 1. The third-order valence-electron chi connectivity index (χ3n) is 4.86. The summed E-state index contributed by atoms with van der Waals surface area (Å²) in [6.07, 6.45) is 0.885. The van der Waals surface area contributed by atoms with Gasteiger partial charge in [0.05, 0.1) is 12.9 Å². The Bertz CT molecular complexity index is 944. The van der Waals surface area contributed by atoms with Crippen LogP contribution in [0.4, 0.5) is 0 Å². The van der Waals surface area contributed by atoms with Gasteiger partial charge in [-0.1, -0.05) is 42.5 Å². The predicted molar refractivity (Wildman–Crippen MR) is 119 cm³/mol. The second-order valence-corrected chi connectivity index (χ2v) is 8.87. The van der Waals surface area contributed by atoms with Crippen LogP contribution in [0.15, 0.2) is 66.0 Å². The van der Waals surface area contributed by atoms with E-state index in [-0.39, 0.29) is 11.3 Å². The zero-order valence-corrected chi connectivity index (χ0v) is 17.9. The van der Waals surface area contributed by atoms with Crippen LogP contribution in [0.3, 0.4) is 0 Å². The highest BCUT2D eigenvalue weighted by molar-refractivity contribution is 8.00. The van der Waals surface area contributed by atoms with Gasteiger partial charge in [0.1, 0.15) is 12.0 Å².